The Balaban J connectivity index is 2.41. The summed E-state index contributed by atoms with van der Waals surface area (Å²) in [5.41, 5.74) is 0.496. The van der Waals surface area contributed by atoms with Crippen LogP contribution in [0.1, 0.15) is 6.92 Å². The molecule has 0 saturated heterocycles. The van der Waals surface area contributed by atoms with Gasteiger partial charge in [-0.2, -0.15) is 0 Å². The van der Waals surface area contributed by atoms with Crippen LogP contribution in [0, 0.1) is 0 Å². The number of fused-ring (bicyclic) bond motifs is 1. The molecule has 3 aromatic heterocycles. The van der Waals surface area contributed by atoms with Crippen LogP contribution in [0.4, 0.5) is 0 Å². The van der Waals surface area contributed by atoms with Gasteiger partial charge in [0.05, 0.1) is 0 Å². The van der Waals surface area contributed by atoms with E-state index in [1.807, 2.05) is 31.4 Å². The predicted octanol–water partition coefficient (Wildman–Crippen LogP) is 1.72. The van der Waals surface area contributed by atoms with Crippen LogP contribution < -0.4 is 5.56 Å². The fraction of sp³-hybridized carbons (Fsp3) is 0.231. The smallest absolute Gasteiger partial charge is 0.267 e. The van der Waals surface area contributed by atoms with Crippen molar-refractivity contribution in [3.05, 3.63) is 40.9 Å². The molecule has 7 heteroatoms. The van der Waals surface area contributed by atoms with E-state index in [9.17, 15) is 4.79 Å². The van der Waals surface area contributed by atoms with Gasteiger partial charge in [-0.3, -0.25) is 4.79 Å². The van der Waals surface area contributed by atoms with E-state index in [0.717, 1.165) is 0 Å². The Morgan fingerprint density at radius 1 is 1.30 bits per heavy atom. The zero-order valence-corrected chi connectivity index (χ0v) is 12.0. The molecule has 102 valence electrons. The second-order valence-corrected chi connectivity index (χ2v) is 4.89. The van der Waals surface area contributed by atoms with Crippen LogP contribution in [0.15, 0.2) is 40.5 Å². The van der Waals surface area contributed by atoms with E-state index in [-0.39, 0.29) is 5.56 Å². The number of pyridine rings is 1. The normalized spacial score (nSPS) is 11.1. The van der Waals surface area contributed by atoms with Crippen molar-refractivity contribution >= 4 is 22.8 Å². The van der Waals surface area contributed by atoms with Crippen LogP contribution in [0.3, 0.4) is 0 Å². The fourth-order valence-corrected chi connectivity index (χ4v) is 2.44. The molecule has 0 aliphatic carbocycles. The Hall–Kier alpha value is -2.15. The Bertz CT molecular complexity index is 809. The molecule has 0 amide bonds. The molecule has 0 aliphatic heterocycles. The lowest BCUT2D eigenvalue weighted by atomic mass is 10.4. The highest BCUT2D eigenvalue weighted by molar-refractivity contribution is 7.98. The third kappa shape index (κ3) is 1.90. The number of nitrogens with zero attached hydrogens (tertiary/aromatic N) is 5. The zero-order chi connectivity index (χ0) is 14.1. The van der Waals surface area contributed by atoms with Crippen molar-refractivity contribution in [1.29, 1.82) is 0 Å². The van der Waals surface area contributed by atoms with Crippen LogP contribution in [-0.2, 0) is 6.54 Å². The molecule has 0 aliphatic rings. The highest BCUT2D eigenvalue weighted by Gasteiger charge is 2.16. The van der Waals surface area contributed by atoms with Gasteiger partial charge in [0.2, 0.25) is 0 Å². The maximum atomic E-state index is 12.4. The number of aromatic nitrogens is 5. The van der Waals surface area contributed by atoms with Crippen molar-refractivity contribution < 1.29 is 0 Å². The number of hydrogen-bond donors (Lipinski definition) is 0. The van der Waals surface area contributed by atoms with E-state index in [4.69, 9.17) is 0 Å². The molecule has 0 fully saturated rings. The molecule has 0 bridgehead atoms. The van der Waals surface area contributed by atoms with Gasteiger partial charge >= 0.3 is 0 Å². The summed E-state index contributed by atoms with van der Waals surface area (Å²) in [6.07, 6.45) is 5.19. The molecule has 0 unspecified atom stereocenters. The van der Waals surface area contributed by atoms with Gasteiger partial charge in [0.25, 0.3) is 5.56 Å². The first-order valence-electron chi connectivity index (χ1n) is 6.20. The number of rotatable bonds is 3. The summed E-state index contributed by atoms with van der Waals surface area (Å²) in [5.74, 6) is 0.673. The van der Waals surface area contributed by atoms with E-state index in [1.165, 1.54) is 11.8 Å². The van der Waals surface area contributed by atoms with Gasteiger partial charge in [0.15, 0.2) is 16.6 Å². The summed E-state index contributed by atoms with van der Waals surface area (Å²) in [6, 6.07) is 5.58. The van der Waals surface area contributed by atoms with Crippen LogP contribution in [0.25, 0.3) is 16.9 Å². The van der Waals surface area contributed by atoms with Gasteiger partial charge in [-0.05, 0) is 25.3 Å². The standard InChI is InChI=1S/C13H13N5OS/c1-3-17-12(19)9-8-15-13(20-2)16-11(9)18(17)10-6-4-5-7-14-10/h4-8H,3H2,1-2H3. The minimum absolute atomic E-state index is 0.0965. The summed E-state index contributed by atoms with van der Waals surface area (Å²) in [7, 11) is 0. The minimum Gasteiger partial charge on any atom is -0.267 e. The predicted molar refractivity (Wildman–Crippen MR) is 78.4 cm³/mol. The van der Waals surface area contributed by atoms with Crippen LogP contribution in [0.5, 0.6) is 0 Å². The fourth-order valence-electron chi connectivity index (χ4n) is 2.11. The van der Waals surface area contributed by atoms with Crippen LogP contribution in [-0.4, -0.2) is 30.6 Å². The number of hydrogen-bond acceptors (Lipinski definition) is 5. The first-order valence-corrected chi connectivity index (χ1v) is 7.42. The van der Waals surface area contributed by atoms with E-state index >= 15 is 0 Å². The van der Waals surface area contributed by atoms with Crippen LogP contribution >= 0.6 is 11.8 Å². The zero-order valence-electron chi connectivity index (χ0n) is 11.1. The molecule has 3 rings (SSSR count). The molecule has 0 atom stereocenters. The topological polar surface area (TPSA) is 65.6 Å². The summed E-state index contributed by atoms with van der Waals surface area (Å²) >= 11 is 1.44. The maximum Gasteiger partial charge on any atom is 0.278 e. The SMILES string of the molecule is CCn1c(=O)c2cnc(SC)nc2n1-c1ccccn1. The van der Waals surface area contributed by atoms with E-state index in [0.29, 0.717) is 28.6 Å². The van der Waals surface area contributed by atoms with Gasteiger partial charge in [-0.25, -0.2) is 24.3 Å². The summed E-state index contributed by atoms with van der Waals surface area (Å²) < 4.78 is 3.37. The third-order valence-electron chi connectivity index (χ3n) is 3.00. The second-order valence-electron chi connectivity index (χ2n) is 4.11. The lowest BCUT2D eigenvalue weighted by Gasteiger charge is -2.09. The molecular formula is C13H13N5OS. The largest absolute Gasteiger partial charge is 0.278 e. The Morgan fingerprint density at radius 2 is 2.15 bits per heavy atom. The molecule has 0 spiro atoms. The van der Waals surface area contributed by atoms with Crippen molar-refractivity contribution in [2.24, 2.45) is 0 Å². The molecule has 0 aromatic carbocycles. The lowest BCUT2D eigenvalue weighted by molar-refractivity contribution is 0.567. The molecule has 0 N–H and O–H groups in total. The van der Waals surface area contributed by atoms with Crippen LogP contribution in [0.2, 0.25) is 0 Å². The molecule has 6 nitrogen and oxygen atoms in total. The van der Waals surface area contributed by atoms with Gasteiger partial charge in [-0.15, -0.1) is 0 Å². The monoisotopic (exact) mass is 287 g/mol. The van der Waals surface area contributed by atoms with Gasteiger partial charge in [0, 0.05) is 18.9 Å². The highest BCUT2D eigenvalue weighted by atomic mass is 32.2. The Kier molecular flexibility index (Phi) is 3.27. The second kappa shape index (κ2) is 5.09. The third-order valence-corrected chi connectivity index (χ3v) is 3.56. The number of thioether (sulfide) groups is 1. The van der Waals surface area contributed by atoms with Crippen molar-refractivity contribution in [2.45, 2.75) is 18.6 Å². The summed E-state index contributed by atoms with van der Waals surface area (Å²) in [4.78, 5) is 25.3. The maximum absolute atomic E-state index is 12.4. The van der Waals surface area contributed by atoms with Gasteiger partial charge in [-0.1, -0.05) is 17.8 Å². The average Bonchev–Trinajstić information content (AvgIpc) is 2.79. The van der Waals surface area contributed by atoms with Gasteiger partial charge < -0.3 is 0 Å². The molecule has 3 aromatic rings. The summed E-state index contributed by atoms with van der Waals surface area (Å²) in [5, 5.41) is 1.14. The van der Waals surface area contributed by atoms with Crippen molar-refractivity contribution in [3.8, 4) is 5.82 Å². The molecular weight excluding hydrogens is 274 g/mol. The van der Waals surface area contributed by atoms with Crippen molar-refractivity contribution in [1.82, 2.24) is 24.3 Å². The lowest BCUT2D eigenvalue weighted by Crippen LogP contribution is -2.21. The highest BCUT2D eigenvalue weighted by Crippen LogP contribution is 2.16. The molecule has 0 saturated carbocycles. The van der Waals surface area contributed by atoms with Crippen molar-refractivity contribution in [3.63, 3.8) is 0 Å². The molecule has 20 heavy (non-hydrogen) atoms. The molecule has 0 radical (unpaired) electrons. The first kappa shape index (κ1) is 12.9. The average molecular weight is 287 g/mol. The van der Waals surface area contributed by atoms with E-state index in [1.54, 1.807) is 21.8 Å². The molecule has 3 heterocycles. The summed E-state index contributed by atoms with van der Waals surface area (Å²) in [6.45, 7) is 2.46. The quantitative estimate of drug-likeness (QED) is 0.542. The minimum atomic E-state index is -0.0965. The van der Waals surface area contributed by atoms with Crippen molar-refractivity contribution in [2.75, 3.05) is 6.26 Å². The Labute approximate surface area is 119 Å². The van der Waals surface area contributed by atoms with E-state index in [2.05, 4.69) is 15.0 Å². The Morgan fingerprint density at radius 3 is 2.80 bits per heavy atom. The van der Waals surface area contributed by atoms with Gasteiger partial charge in [0.1, 0.15) is 5.39 Å². The first-order chi connectivity index (χ1) is 9.76. The van der Waals surface area contributed by atoms with E-state index < -0.39 is 0 Å².